The van der Waals surface area contributed by atoms with Crippen molar-refractivity contribution in [1.82, 2.24) is 19.7 Å². The monoisotopic (exact) mass is 693 g/mol. The van der Waals surface area contributed by atoms with Crippen LogP contribution >= 0.6 is 23.2 Å². The Bertz CT molecular complexity index is 1740. The molecule has 2 aromatic heterocycles. The second-order valence-electron chi connectivity index (χ2n) is 11.2. The Labute approximate surface area is 290 Å². The van der Waals surface area contributed by atoms with Gasteiger partial charge in [0.2, 0.25) is 5.91 Å². The highest BCUT2D eigenvalue weighted by atomic mass is 35.5. The van der Waals surface area contributed by atoms with E-state index in [2.05, 4.69) is 25.6 Å². The number of amides is 3. The Kier molecular flexibility index (Phi) is 13.5. The van der Waals surface area contributed by atoms with Gasteiger partial charge >= 0.3 is 6.03 Å². The molecule has 0 unspecified atom stereocenters. The van der Waals surface area contributed by atoms with E-state index in [-0.39, 0.29) is 33.9 Å². The van der Waals surface area contributed by atoms with Crippen LogP contribution in [0.3, 0.4) is 0 Å². The van der Waals surface area contributed by atoms with Crippen molar-refractivity contribution in [1.29, 1.82) is 0 Å². The highest BCUT2D eigenvalue weighted by Crippen LogP contribution is 2.30. The smallest absolute Gasteiger partial charge is 0.323 e. The lowest BCUT2D eigenvalue weighted by Gasteiger charge is -2.23. The minimum Gasteiger partial charge on any atom is -0.395 e. The van der Waals surface area contributed by atoms with Crippen molar-refractivity contribution in [3.05, 3.63) is 87.4 Å². The number of urea groups is 1. The number of nitrogens with zero attached hydrogens (tertiary/aromatic N) is 5. The SMILES string of the molecule is CCC(=O)N(CCCCCN(C)CCO)c1ccc(-c2cccc(-c3cc(NC(=O)Nc4c(Cl)cncc4Cl)c(=O)n(CC)n3)c2)cc1. The summed E-state index contributed by atoms with van der Waals surface area (Å²) in [5.41, 5.74) is 3.70. The van der Waals surface area contributed by atoms with Crippen LogP contribution in [0.1, 0.15) is 39.5 Å². The van der Waals surface area contributed by atoms with Crippen LogP contribution in [-0.2, 0) is 11.3 Å². The second kappa shape index (κ2) is 17.7. The van der Waals surface area contributed by atoms with Gasteiger partial charge in [0.1, 0.15) is 5.69 Å². The van der Waals surface area contributed by atoms with Crippen molar-refractivity contribution >= 4 is 52.2 Å². The lowest BCUT2D eigenvalue weighted by molar-refractivity contribution is -0.118. The minimum absolute atomic E-state index is 0.0354. The summed E-state index contributed by atoms with van der Waals surface area (Å²) in [5, 5.41) is 19.1. The Balaban J connectivity index is 1.51. The molecular weight excluding hydrogens is 653 g/mol. The van der Waals surface area contributed by atoms with Gasteiger partial charge in [-0.25, -0.2) is 9.48 Å². The van der Waals surface area contributed by atoms with Crippen LogP contribution in [0.4, 0.5) is 21.9 Å². The molecule has 254 valence electrons. The van der Waals surface area contributed by atoms with E-state index in [0.29, 0.717) is 31.7 Å². The fraction of sp³-hybridized carbons (Fsp3) is 0.343. The molecule has 4 rings (SSSR count). The molecule has 2 heterocycles. The molecule has 0 atom stereocenters. The average Bonchev–Trinajstić information content (AvgIpc) is 3.09. The summed E-state index contributed by atoms with van der Waals surface area (Å²) < 4.78 is 1.28. The number of carbonyl (C=O) groups is 2. The summed E-state index contributed by atoms with van der Waals surface area (Å²) in [6.45, 7) is 6.32. The number of likely N-dealkylation sites (N-methyl/N-ethyl adjacent to an activating group) is 1. The number of pyridine rings is 1. The van der Waals surface area contributed by atoms with Crippen LogP contribution in [-0.4, -0.2) is 70.0 Å². The maximum Gasteiger partial charge on any atom is 0.323 e. The summed E-state index contributed by atoms with van der Waals surface area (Å²) in [5.74, 6) is 0.0735. The number of aromatic nitrogens is 3. The van der Waals surface area contributed by atoms with E-state index in [1.54, 1.807) is 6.92 Å². The van der Waals surface area contributed by atoms with Crippen molar-refractivity contribution in [2.24, 2.45) is 0 Å². The van der Waals surface area contributed by atoms with Gasteiger partial charge in [0.15, 0.2) is 0 Å². The van der Waals surface area contributed by atoms with Gasteiger partial charge in [-0.3, -0.25) is 14.6 Å². The fourth-order valence-corrected chi connectivity index (χ4v) is 5.64. The van der Waals surface area contributed by atoms with Crippen LogP contribution in [0.15, 0.2) is 71.8 Å². The summed E-state index contributed by atoms with van der Waals surface area (Å²) >= 11 is 12.3. The number of unbranched alkanes of at least 4 members (excludes halogenated alkanes) is 2. The van der Waals surface area contributed by atoms with Gasteiger partial charge in [-0.15, -0.1) is 0 Å². The second-order valence-corrected chi connectivity index (χ2v) is 12.0. The Morgan fingerprint density at radius 3 is 2.23 bits per heavy atom. The first-order valence-corrected chi connectivity index (χ1v) is 16.7. The molecule has 0 saturated carbocycles. The summed E-state index contributed by atoms with van der Waals surface area (Å²) in [4.78, 5) is 46.5. The molecule has 13 heteroatoms. The van der Waals surface area contributed by atoms with Gasteiger partial charge in [-0.2, -0.15) is 5.10 Å². The number of carbonyl (C=O) groups excluding carboxylic acids is 2. The van der Waals surface area contributed by atoms with Gasteiger partial charge in [-0.05, 0) is 68.8 Å². The molecule has 0 fully saturated rings. The number of aliphatic hydroxyl groups is 1. The van der Waals surface area contributed by atoms with Crippen molar-refractivity contribution in [3.8, 4) is 22.4 Å². The number of aliphatic hydroxyl groups excluding tert-OH is 1. The first kappa shape index (κ1) is 36.5. The predicted molar refractivity (Wildman–Crippen MR) is 193 cm³/mol. The number of hydrogen-bond donors (Lipinski definition) is 3. The molecule has 48 heavy (non-hydrogen) atoms. The van der Waals surface area contributed by atoms with Crippen LogP contribution < -0.4 is 21.1 Å². The normalized spacial score (nSPS) is 11.1. The van der Waals surface area contributed by atoms with Crippen molar-refractivity contribution in [3.63, 3.8) is 0 Å². The lowest BCUT2D eigenvalue weighted by Crippen LogP contribution is -2.31. The molecule has 0 aliphatic rings. The highest BCUT2D eigenvalue weighted by molar-refractivity contribution is 6.39. The molecule has 3 N–H and O–H groups in total. The first-order valence-electron chi connectivity index (χ1n) is 15.9. The quantitative estimate of drug-likeness (QED) is 0.117. The Morgan fingerprint density at radius 1 is 0.875 bits per heavy atom. The zero-order valence-corrected chi connectivity index (χ0v) is 28.9. The molecule has 4 aromatic rings. The summed E-state index contributed by atoms with van der Waals surface area (Å²) in [6, 6.07) is 16.5. The third-order valence-corrected chi connectivity index (χ3v) is 8.36. The van der Waals surface area contributed by atoms with E-state index < -0.39 is 11.6 Å². The van der Waals surface area contributed by atoms with Gasteiger partial charge in [0.25, 0.3) is 5.56 Å². The minimum atomic E-state index is -0.697. The van der Waals surface area contributed by atoms with Crippen LogP contribution in [0, 0.1) is 0 Å². The number of nitrogens with one attached hydrogen (secondary N) is 2. The van der Waals surface area contributed by atoms with Gasteiger partial charge in [-0.1, -0.05) is 66.9 Å². The zero-order chi connectivity index (χ0) is 34.6. The third-order valence-electron chi connectivity index (χ3n) is 7.79. The van der Waals surface area contributed by atoms with Crippen LogP contribution in [0.25, 0.3) is 22.4 Å². The molecule has 0 aliphatic heterocycles. The molecule has 0 aliphatic carbocycles. The summed E-state index contributed by atoms with van der Waals surface area (Å²) in [6.07, 6.45) is 6.00. The largest absolute Gasteiger partial charge is 0.395 e. The predicted octanol–water partition coefficient (Wildman–Crippen LogP) is 6.78. The molecule has 11 nitrogen and oxygen atoms in total. The van der Waals surface area contributed by atoms with E-state index in [4.69, 9.17) is 28.3 Å². The number of anilines is 3. The number of hydrogen-bond acceptors (Lipinski definition) is 7. The summed E-state index contributed by atoms with van der Waals surface area (Å²) in [7, 11) is 2.00. The standard InChI is InChI=1S/C35H41Cl2N7O4/c1-4-32(46)43(17-8-6-7-16-42(3)18-19-45)27-14-12-24(13-15-27)25-10-9-11-26(20-25)30-21-31(34(47)44(5-2)41-30)39-35(48)40-33-28(36)22-38-23-29(33)37/h9-15,20-23,45H,4-8,16-19H2,1-3H3,(H2,38,39,40,48). The van der Waals surface area contributed by atoms with Gasteiger partial charge < -0.3 is 25.5 Å². The number of halogens is 2. The van der Waals surface area contributed by atoms with Crippen LogP contribution in [0.2, 0.25) is 10.0 Å². The van der Waals surface area contributed by atoms with E-state index >= 15 is 0 Å². The molecule has 3 amide bonds. The highest BCUT2D eigenvalue weighted by Gasteiger charge is 2.17. The Morgan fingerprint density at radius 2 is 1.56 bits per heavy atom. The zero-order valence-electron chi connectivity index (χ0n) is 27.4. The maximum absolute atomic E-state index is 13.1. The molecule has 0 spiro atoms. The molecular formula is C35H41Cl2N7O4. The molecule has 2 aromatic carbocycles. The van der Waals surface area contributed by atoms with Crippen LogP contribution in [0.5, 0.6) is 0 Å². The number of rotatable bonds is 15. The number of benzene rings is 2. The van der Waals surface area contributed by atoms with Gasteiger partial charge in [0, 0.05) is 49.7 Å². The number of aryl methyl sites for hydroxylation is 1. The molecule has 0 radical (unpaired) electrons. The average molecular weight is 695 g/mol. The van der Waals surface area contributed by atoms with Crippen molar-refractivity contribution in [2.45, 2.75) is 46.1 Å². The lowest BCUT2D eigenvalue weighted by atomic mass is 10.0. The van der Waals surface area contributed by atoms with E-state index in [1.165, 1.54) is 23.1 Å². The van der Waals surface area contributed by atoms with Crippen molar-refractivity contribution in [2.75, 3.05) is 48.8 Å². The van der Waals surface area contributed by atoms with E-state index in [1.807, 2.05) is 67.4 Å². The topological polar surface area (TPSA) is 133 Å². The van der Waals surface area contributed by atoms with E-state index in [9.17, 15) is 14.4 Å². The van der Waals surface area contributed by atoms with Crippen molar-refractivity contribution < 1.29 is 14.7 Å². The third kappa shape index (κ3) is 9.63. The molecule has 0 bridgehead atoms. The fourth-order valence-electron chi connectivity index (χ4n) is 5.18. The maximum atomic E-state index is 13.1. The first-order chi connectivity index (χ1) is 23.1. The van der Waals surface area contributed by atoms with E-state index in [0.717, 1.165) is 48.2 Å². The Hall–Kier alpha value is -4.29. The van der Waals surface area contributed by atoms with Gasteiger partial charge in [0.05, 0.1) is 28.0 Å². The molecule has 0 saturated heterocycles.